The quantitative estimate of drug-likeness (QED) is 0.837. The standard InChI is InChI=1S/C17H21N/c1-13(14-9-11-18-12-10-14)16-8-4-6-15-5-2-3-7-17(15)16/h2-8,13-14,18H,9-12H2,1H3. The molecule has 1 fully saturated rings. The van der Waals surface area contributed by atoms with Crippen LogP contribution in [0.15, 0.2) is 42.5 Å². The summed E-state index contributed by atoms with van der Waals surface area (Å²) < 4.78 is 0. The summed E-state index contributed by atoms with van der Waals surface area (Å²) in [4.78, 5) is 0. The third-order valence-electron chi connectivity index (χ3n) is 4.40. The van der Waals surface area contributed by atoms with Gasteiger partial charge in [-0.25, -0.2) is 0 Å². The minimum Gasteiger partial charge on any atom is -0.317 e. The third-order valence-corrected chi connectivity index (χ3v) is 4.40. The molecule has 18 heavy (non-hydrogen) atoms. The Morgan fingerprint density at radius 3 is 2.56 bits per heavy atom. The maximum atomic E-state index is 3.46. The van der Waals surface area contributed by atoms with E-state index in [-0.39, 0.29) is 0 Å². The molecule has 0 aromatic heterocycles. The van der Waals surface area contributed by atoms with Crippen LogP contribution in [-0.4, -0.2) is 13.1 Å². The average Bonchev–Trinajstić information content (AvgIpc) is 2.47. The maximum Gasteiger partial charge on any atom is -0.00461 e. The van der Waals surface area contributed by atoms with Gasteiger partial charge in [0.15, 0.2) is 0 Å². The van der Waals surface area contributed by atoms with E-state index in [1.165, 1.54) is 42.3 Å². The van der Waals surface area contributed by atoms with Gasteiger partial charge in [0.1, 0.15) is 0 Å². The zero-order valence-corrected chi connectivity index (χ0v) is 11.0. The van der Waals surface area contributed by atoms with E-state index in [1.54, 1.807) is 0 Å². The first-order chi connectivity index (χ1) is 8.86. The highest BCUT2D eigenvalue weighted by molar-refractivity contribution is 5.86. The number of piperidine rings is 1. The second-order valence-electron chi connectivity index (χ2n) is 5.44. The fraction of sp³-hybridized carbons (Fsp3) is 0.412. The average molecular weight is 239 g/mol. The van der Waals surface area contributed by atoms with Crippen molar-refractivity contribution in [2.45, 2.75) is 25.7 Å². The molecule has 0 bridgehead atoms. The molecule has 1 heterocycles. The van der Waals surface area contributed by atoms with Gasteiger partial charge < -0.3 is 5.32 Å². The molecule has 1 atom stereocenters. The van der Waals surface area contributed by atoms with Gasteiger partial charge in [-0.2, -0.15) is 0 Å². The molecule has 3 rings (SSSR count). The molecule has 0 spiro atoms. The second-order valence-corrected chi connectivity index (χ2v) is 5.44. The SMILES string of the molecule is CC(c1cccc2ccccc12)C1CCNCC1. The van der Waals surface area contributed by atoms with Crippen molar-refractivity contribution in [1.29, 1.82) is 0 Å². The van der Waals surface area contributed by atoms with Crippen LogP contribution in [0.4, 0.5) is 0 Å². The normalized spacial score (nSPS) is 18.9. The summed E-state index contributed by atoms with van der Waals surface area (Å²) in [5, 5.41) is 6.27. The largest absolute Gasteiger partial charge is 0.317 e. The summed E-state index contributed by atoms with van der Waals surface area (Å²) in [7, 11) is 0. The first-order valence-corrected chi connectivity index (χ1v) is 7.04. The highest BCUT2D eigenvalue weighted by Crippen LogP contribution is 2.34. The van der Waals surface area contributed by atoms with Crippen LogP contribution in [0.2, 0.25) is 0 Å². The summed E-state index contributed by atoms with van der Waals surface area (Å²) in [5.74, 6) is 1.50. The zero-order valence-electron chi connectivity index (χ0n) is 11.0. The molecule has 94 valence electrons. The highest BCUT2D eigenvalue weighted by Gasteiger charge is 2.22. The molecule has 1 unspecified atom stereocenters. The second kappa shape index (κ2) is 5.11. The Bertz CT molecular complexity index is 521. The summed E-state index contributed by atoms with van der Waals surface area (Å²) in [6.45, 7) is 4.76. The number of hydrogen-bond acceptors (Lipinski definition) is 1. The van der Waals surface area contributed by atoms with Gasteiger partial charge in [0.2, 0.25) is 0 Å². The predicted octanol–water partition coefficient (Wildman–Crippen LogP) is 3.94. The van der Waals surface area contributed by atoms with Gasteiger partial charge in [0, 0.05) is 0 Å². The predicted molar refractivity (Wildman–Crippen MR) is 78.0 cm³/mol. The van der Waals surface area contributed by atoms with E-state index in [2.05, 4.69) is 54.7 Å². The van der Waals surface area contributed by atoms with E-state index >= 15 is 0 Å². The summed E-state index contributed by atoms with van der Waals surface area (Å²) in [6, 6.07) is 15.5. The van der Waals surface area contributed by atoms with Crippen molar-refractivity contribution in [2.75, 3.05) is 13.1 Å². The molecule has 1 aliphatic rings. The molecule has 0 saturated carbocycles. The number of fused-ring (bicyclic) bond motifs is 1. The van der Waals surface area contributed by atoms with E-state index in [0.29, 0.717) is 5.92 Å². The van der Waals surface area contributed by atoms with Gasteiger partial charge in [-0.15, -0.1) is 0 Å². The van der Waals surface area contributed by atoms with Crippen LogP contribution in [0, 0.1) is 5.92 Å². The van der Waals surface area contributed by atoms with Crippen molar-refractivity contribution in [1.82, 2.24) is 5.32 Å². The molecular formula is C17H21N. The van der Waals surface area contributed by atoms with Crippen molar-refractivity contribution in [2.24, 2.45) is 5.92 Å². The summed E-state index contributed by atoms with van der Waals surface area (Å²) in [5.41, 5.74) is 1.53. The van der Waals surface area contributed by atoms with Crippen LogP contribution < -0.4 is 5.32 Å². The number of benzene rings is 2. The number of hydrogen-bond donors (Lipinski definition) is 1. The minimum absolute atomic E-state index is 0.665. The Hall–Kier alpha value is -1.34. The molecule has 1 nitrogen and oxygen atoms in total. The number of nitrogens with one attached hydrogen (secondary N) is 1. The van der Waals surface area contributed by atoms with Crippen molar-refractivity contribution < 1.29 is 0 Å². The first kappa shape index (κ1) is 11.7. The zero-order chi connectivity index (χ0) is 12.4. The van der Waals surface area contributed by atoms with Gasteiger partial charge in [-0.1, -0.05) is 49.4 Å². The summed E-state index contributed by atoms with van der Waals surface area (Å²) in [6.07, 6.45) is 2.62. The Morgan fingerprint density at radius 1 is 1.00 bits per heavy atom. The van der Waals surface area contributed by atoms with Crippen LogP contribution in [0.3, 0.4) is 0 Å². The lowest BCUT2D eigenvalue weighted by atomic mass is 9.80. The van der Waals surface area contributed by atoms with Crippen LogP contribution in [-0.2, 0) is 0 Å². The van der Waals surface area contributed by atoms with Gasteiger partial charge >= 0.3 is 0 Å². The molecule has 1 heteroatoms. The molecule has 1 aliphatic heterocycles. The highest BCUT2D eigenvalue weighted by atomic mass is 14.9. The Labute approximate surface area is 109 Å². The molecule has 0 radical (unpaired) electrons. The van der Waals surface area contributed by atoms with Crippen molar-refractivity contribution in [3.05, 3.63) is 48.0 Å². The van der Waals surface area contributed by atoms with E-state index < -0.39 is 0 Å². The maximum absolute atomic E-state index is 3.46. The lowest BCUT2D eigenvalue weighted by Crippen LogP contribution is -2.30. The van der Waals surface area contributed by atoms with Gasteiger partial charge in [0.25, 0.3) is 0 Å². The fourth-order valence-electron chi connectivity index (χ4n) is 3.25. The minimum atomic E-state index is 0.665. The Morgan fingerprint density at radius 2 is 1.72 bits per heavy atom. The molecule has 0 amide bonds. The monoisotopic (exact) mass is 239 g/mol. The van der Waals surface area contributed by atoms with E-state index in [0.717, 1.165) is 5.92 Å². The number of rotatable bonds is 2. The van der Waals surface area contributed by atoms with Crippen molar-refractivity contribution >= 4 is 10.8 Å². The van der Waals surface area contributed by atoms with E-state index in [4.69, 9.17) is 0 Å². The molecule has 1 saturated heterocycles. The first-order valence-electron chi connectivity index (χ1n) is 7.04. The topological polar surface area (TPSA) is 12.0 Å². The molecular weight excluding hydrogens is 218 g/mol. The molecule has 0 aliphatic carbocycles. The van der Waals surface area contributed by atoms with Crippen molar-refractivity contribution in [3.63, 3.8) is 0 Å². The van der Waals surface area contributed by atoms with Gasteiger partial charge in [-0.3, -0.25) is 0 Å². The Kier molecular flexibility index (Phi) is 3.33. The van der Waals surface area contributed by atoms with Crippen LogP contribution in [0.25, 0.3) is 10.8 Å². The van der Waals surface area contributed by atoms with Gasteiger partial charge in [0.05, 0.1) is 0 Å². The molecule has 2 aromatic carbocycles. The third kappa shape index (κ3) is 2.15. The molecule has 2 aromatic rings. The van der Waals surface area contributed by atoms with Crippen LogP contribution >= 0.6 is 0 Å². The van der Waals surface area contributed by atoms with E-state index in [1.807, 2.05) is 0 Å². The van der Waals surface area contributed by atoms with Crippen molar-refractivity contribution in [3.8, 4) is 0 Å². The molecule has 1 N–H and O–H groups in total. The fourth-order valence-corrected chi connectivity index (χ4v) is 3.25. The smallest absolute Gasteiger partial charge is 0.00461 e. The lowest BCUT2D eigenvalue weighted by Gasteiger charge is -2.29. The Balaban J connectivity index is 1.97. The van der Waals surface area contributed by atoms with E-state index in [9.17, 15) is 0 Å². The van der Waals surface area contributed by atoms with Crippen LogP contribution in [0.1, 0.15) is 31.2 Å². The summed E-state index contributed by atoms with van der Waals surface area (Å²) >= 11 is 0. The van der Waals surface area contributed by atoms with Gasteiger partial charge in [-0.05, 0) is 54.1 Å². The lowest BCUT2D eigenvalue weighted by molar-refractivity contribution is 0.331. The van der Waals surface area contributed by atoms with Crippen LogP contribution in [0.5, 0.6) is 0 Å².